The Morgan fingerprint density at radius 2 is 1.56 bits per heavy atom. The maximum absolute atomic E-state index is 5.02. The van der Waals surface area contributed by atoms with E-state index in [1.165, 1.54) is 0 Å². The van der Waals surface area contributed by atoms with Crippen LogP contribution in [0.15, 0.2) is 109 Å². The molecule has 0 amide bonds. The summed E-state index contributed by atoms with van der Waals surface area (Å²) in [4.78, 5) is 23.6. The molecule has 0 unspecified atom stereocenters. The van der Waals surface area contributed by atoms with E-state index < -0.39 is 0 Å². The van der Waals surface area contributed by atoms with Gasteiger partial charge in [0.2, 0.25) is 0 Å². The molecule has 0 aliphatic heterocycles. The number of hydrogen-bond acceptors (Lipinski definition) is 5. The summed E-state index contributed by atoms with van der Waals surface area (Å²) in [5, 5.41) is 4.21. The number of para-hydroxylation sites is 1. The van der Waals surface area contributed by atoms with Crippen LogP contribution in [0.5, 0.6) is 0 Å². The summed E-state index contributed by atoms with van der Waals surface area (Å²) in [5.41, 5.74) is 9.25. The van der Waals surface area contributed by atoms with Gasteiger partial charge in [-0.3, -0.25) is 19.9 Å². The molecule has 5 heteroatoms. The van der Waals surface area contributed by atoms with Crippen molar-refractivity contribution < 1.29 is 0 Å². The summed E-state index contributed by atoms with van der Waals surface area (Å²) in [6, 6.07) is 26.9. The zero-order valence-electron chi connectivity index (χ0n) is 21.3. The second-order valence-electron chi connectivity index (χ2n) is 9.39. The standard InChI is InChI=1S/C34H23N5/c1-3-8-24-27(19-22-10-7-18-37-32(22)33(24)35-2)28-16-14-23(20-38-28)30-25-11-4-5-12-29(25)39-34-26(30)15-13-21-9-6-17-36-31(21)34/h3-20H,2H2,1H3/b8-3-. The normalized spacial score (nSPS) is 11.7. The Bertz CT molecular complexity index is 2090. The van der Waals surface area contributed by atoms with E-state index in [9.17, 15) is 0 Å². The summed E-state index contributed by atoms with van der Waals surface area (Å²) in [5.74, 6) is 0. The smallest absolute Gasteiger partial charge is 0.0978 e. The van der Waals surface area contributed by atoms with Crippen molar-refractivity contribution in [2.45, 2.75) is 6.92 Å². The van der Waals surface area contributed by atoms with Gasteiger partial charge >= 0.3 is 0 Å². The molecule has 0 aliphatic rings. The van der Waals surface area contributed by atoms with Gasteiger partial charge in [-0.15, -0.1) is 0 Å². The number of aliphatic imine (C=N–C) groups is 1. The lowest BCUT2D eigenvalue weighted by Gasteiger charge is -2.14. The molecule has 7 aromatic rings. The van der Waals surface area contributed by atoms with Crippen molar-refractivity contribution in [3.8, 4) is 22.4 Å². The predicted octanol–water partition coefficient (Wildman–Crippen LogP) is 8.58. The van der Waals surface area contributed by atoms with Gasteiger partial charge in [0.1, 0.15) is 0 Å². The van der Waals surface area contributed by atoms with E-state index in [1.54, 1.807) is 6.20 Å². The van der Waals surface area contributed by atoms with E-state index in [0.717, 1.165) is 77.2 Å². The number of fused-ring (bicyclic) bond motifs is 5. The number of allylic oxidation sites excluding steroid dienone is 1. The summed E-state index contributed by atoms with van der Waals surface area (Å²) < 4.78 is 0. The zero-order valence-corrected chi connectivity index (χ0v) is 21.3. The van der Waals surface area contributed by atoms with E-state index in [4.69, 9.17) is 9.97 Å². The molecule has 5 nitrogen and oxygen atoms in total. The van der Waals surface area contributed by atoms with Gasteiger partial charge in [-0.05, 0) is 44.0 Å². The lowest BCUT2D eigenvalue weighted by molar-refractivity contribution is 1.32. The van der Waals surface area contributed by atoms with Gasteiger partial charge in [-0.1, -0.05) is 60.7 Å². The number of nitrogens with zero attached hydrogens (tertiary/aromatic N) is 5. The fraction of sp³-hybridized carbons (Fsp3) is 0.0294. The van der Waals surface area contributed by atoms with Crippen LogP contribution in [0.25, 0.3) is 72.1 Å². The molecular weight excluding hydrogens is 478 g/mol. The molecule has 0 saturated carbocycles. The van der Waals surface area contributed by atoms with Crippen molar-refractivity contribution in [3.05, 3.63) is 109 Å². The number of pyridine rings is 4. The largest absolute Gasteiger partial charge is 0.262 e. The van der Waals surface area contributed by atoms with E-state index in [0.29, 0.717) is 0 Å². The topological polar surface area (TPSA) is 63.9 Å². The van der Waals surface area contributed by atoms with E-state index in [-0.39, 0.29) is 0 Å². The van der Waals surface area contributed by atoms with Crippen molar-refractivity contribution in [2.24, 2.45) is 4.99 Å². The Kier molecular flexibility index (Phi) is 5.41. The van der Waals surface area contributed by atoms with E-state index in [1.807, 2.05) is 55.7 Å². The molecule has 4 aromatic heterocycles. The molecule has 0 fully saturated rings. The van der Waals surface area contributed by atoms with E-state index in [2.05, 4.69) is 76.3 Å². The fourth-order valence-electron chi connectivity index (χ4n) is 5.43. The molecule has 0 spiro atoms. The van der Waals surface area contributed by atoms with Crippen LogP contribution in [0.2, 0.25) is 0 Å². The first kappa shape index (κ1) is 22.9. The third kappa shape index (κ3) is 3.67. The van der Waals surface area contributed by atoms with Gasteiger partial charge in [-0.2, -0.15) is 0 Å². The van der Waals surface area contributed by atoms with Crippen LogP contribution in [0, 0.1) is 0 Å². The molecule has 0 atom stereocenters. The minimum absolute atomic E-state index is 0.762. The molecule has 7 rings (SSSR count). The van der Waals surface area contributed by atoms with Crippen LogP contribution in [0.4, 0.5) is 5.69 Å². The average Bonchev–Trinajstić information content (AvgIpc) is 3.00. The first-order valence-electron chi connectivity index (χ1n) is 12.8. The highest BCUT2D eigenvalue weighted by Gasteiger charge is 2.17. The van der Waals surface area contributed by atoms with Gasteiger partial charge in [0.15, 0.2) is 0 Å². The monoisotopic (exact) mass is 501 g/mol. The SMILES string of the molecule is C=Nc1c(/C=C\C)c(-c2ccc(-c3c4ccccc4nc4c3ccc3cccnc34)cn2)cc2cccnc12. The Morgan fingerprint density at radius 3 is 2.36 bits per heavy atom. The maximum atomic E-state index is 5.02. The van der Waals surface area contributed by atoms with Crippen molar-refractivity contribution in [3.63, 3.8) is 0 Å². The van der Waals surface area contributed by atoms with Crippen LogP contribution < -0.4 is 0 Å². The quantitative estimate of drug-likeness (QED) is 0.138. The fourth-order valence-corrected chi connectivity index (χ4v) is 5.43. The van der Waals surface area contributed by atoms with E-state index >= 15 is 0 Å². The van der Waals surface area contributed by atoms with Gasteiger partial charge in [-0.25, -0.2) is 4.98 Å². The average molecular weight is 502 g/mol. The molecule has 39 heavy (non-hydrogen) atoms. The lowest BCUT2D eigenvalue weighted by atomic mass is 9.94. The predicted molar refractivity (Wildman–Crippen MR) is 162 cm³/mol. The summed E-state index contributed by atoms with van der Waals surface area (Å²) in [6.07, 6.45) is 9.61. The Balaban J connectivity index is 1.47. The number of aromatic nitrogens is 4. The van der Waals surface area contributed by atoms with Crippen LogP contribution >= 0.6 is 0 Å². The molecule has 3 aromatic carbocycles. The Labute approximate surface area is 225 Å². The third-order valence-corrected chi connectivity index (χ3v) is 7.15. The van der Waals surface area contributed by atoms with Crippen LogP contribution in [-0.2, 0) is 0 Å². The second-order valence-corrected chi connectivity index (χ2v) is 9.39. The van der Waals surface area contributed by atoms with Gasteiger partial charge in [0.05, 0.1) is 33.4 Å². The highest BCUT2D eigenvalue weighted by Crippen LogP contribution is 2.40. The Morgan fingerprint density at radius 1 is 0.744 bits per heavy atom. The molecule has 4 heterocycles. The molecular formula is C34H23N5. The van der Waals surface area contributed by atoms with Crippen LogP contribution in [0.3, 0.4) is 0 Å². The minimum Gasteiger partial charge on any atom is -0.262 e. The molecule has 0 bridgehead atoms. The summed E-state index contributed by atoms with van der Waals surface area (Å²) in [6.45, 7) is 5.83. The summed E-state index contributed by atoms with van der Waals surface area (Å²) in [7, 11) is 0. The lowest BCUT2D eigenvalue weighted by Crippen LogP contribution is -1.94. The third-order valence-electron chi connectivity index (χ3n) is 7.15. The van der Waals surface area contributed by atoms with Gasteiger partial charge in [0.25, 0.3) is 0 Å². The van der Waals surface area contributed by atoms with Gasteiger partial charge in [0, 0.05) is 62.4 Å². The molecule has 0 saturated heterocycles. The van der Waals surface area contributed by atoms with Gasteiger partial charge < -0.3 is 0 Å². The first-order valence-corrected chi connectivity index (χ1v) is 12.8. The highest BCUT2D eigenvalue weighted by molar-refractivity contribution is 6.15. The zero-order chi connectivity index (χ0) is 26.3. The minimum atomic E-state index is 0.762. The first-order chi connectivity index (χ1) is 19.3. The van der Waals surface area contributed by atoms with Crippen molar-refractivity contribution in [1.82, 2.24) is 19.9 Å². The van der Waals surface area contributed by atoms with Crippen LogP contribution in [0.1, 0.15) is 12.5 Å². The molecule has 0 aliphatic carbocycles. The van der Waals surface area contributed by atoms with Crippen LogP contribution in [-0.4, -0.2) is 26.7 Å². The summed E-state index contributed by atoms with van der Waals surface area (Å²) >= 11 is 0. The molecule has 184 valence electrons. The number of benzene rings is 3. The number of hydrogen-bond donors (Lipinski definition) is 0. The highest BCUT2D eigenvalue weighted by atomic mass is 14.8. The Hall–Kier alpha value is -5.29. The van der Waals surface area contributed by atoms with Crippen molar-refractivity contribution in [1.29, 1.82) is 0 Å². The van der Waals surface area contributed by atoms with Crippen molar-refractivity contribution in [2.75, 3.05) is 0 Å². The number of rotatable bonds is 4. The maximum Gasteiger partial charge on any atom is 0.0978 e. The molecule has 0 N–H and O–H groups in total. The molecule has 0 radical (unpaired) electrons. The second kappa shape index (κ2) is 9.23. The van der Waals surface area contributed by atoms with Crippen molar-refractivity contribution >= 4 is 62.1 Å².